The molecule has 21 aromatic rings. The van der Waals surface area contributed by atoms with E-state index < -0.39 is 10.8 Å². The minimum atomic E-state index is -0.561. The van der Waals surface area contributed by atoms with Crippen molar-refractivity contribution in [1.82, 2.24) is 19.1 Å². The van der Waals surface area contributed by atoms with E-state index in [0.29, 0.717) is 0 Å². The molecule has 0 bridgehead atoms. The number of para-hydroxylation sites is 2. The van der Waals surface area contributed by atoms with Gasteiger partial charge in [-0.05, 0) is 217 Å². The highest BCUT2D eigenvalue weighted by Gasteiger charge is 2.54. The van der Waals surface area contributed by atoms with E-state index in [4.69, 9.17) is 9.97 Å². The Morgan fingerprint density at radius 3 is 0.889 bits per heavy atom. The molecule has 4 nitrogen and oxygen atoms in total. The lowest BCUT2D eigenvalue weighted by molar-refractivity contribution is 0.590. The van der Waals surface area contributed by atoms with E-state index in [1.54, 1.807) is 0 Å². The number of hydrogen-bond donors (Lipinski definition) is 0. The van der Waals surface area contributed by atoms with Gasteiger partial charge in [-0.1, -0.05) is 321 Å². The number of nitrogens with zero attached hydrogens (tertiary/aromatic N) is 4. The van der Waals surface area contributed by atoms with Crippen LogP contribution in [0.2, 0.25) is 0 Å². The number of hydrogen-bond acceptors (Lipinski definition) is 3. The van der Waals surface area contributed by atoms with Crippen LogP contribution in [-0.4, -0.2) is 19.1 Å². The van der Waals surface area contributed by atoms with E-state index >= 15 is 0 Å². The second-order valence-electron chi connectivity index (χ2n) is 34.9. The van der Waals surface area contributed by atoms with Gasteiger partial charge < -0.3 is 9.13 Å². The molecule has 4 aliphatic rings. The average Bonchev–Trinajstić information content (AvgIpc) is 1.50. The molecule has 0 unspecified atom stereocenters. The Morgan fingerprint density at radius 2 is 0.521 bits per heavy atom. The molecule has 0 aliphatic heterocycles. The molecule has 4 aromatic heterocycles. The van der Waals surface area contributed by atoms with E-state index in [2.05, 4.69) is 403 Å². The molecule has 4 aliphatic carbocycles. The topological polar surface area (TPSA) is 35.6 Å². The van der Waals surface area contributed by atoms with Crippen molar-refractivity contribution < 1.29 is 0 Å². The molecule has 0 N–H and O–H groups in total. The number of aromatic nitrogens is 4. The van der Waals surface area contributed by atoms with Gasteiger partial charge in [0.15, 0.2) is 0 Å². The lowest BCUT2D eigenvalue weighted by atomic mass is 9.70. The zero-order valence-corrected chi connectivity index (χ0v) is 66.5. The van der Waals surface area contributed by atoms with Crippen molar-refractivity contribution in [3.05, 3.63) is 407 Å². The van der Waals surface area contributed by atoms with Crippen molar-refractivity contribution in [3.8, 4) is 99.0 Å². The SMILES string of the molecule is CC(C)(C)c1ccc(-n2c3ccccc3c3cc(-c4ccc5c6ccc(-c7ccc8c(c7)c7ccccc7n8-c7ccc(C(C)(C)C)cc7)cc6c6nc7c(-c8cccc9c8-c8ccccc8C98c9ccccc9-c9ccccc98)sc(-c8cccc9c8-c8ccccc8C98c9ccccc9-c9ccccc98)c7nc6c5c4)ccc32)cc1. The Morgan fingerprint density at radius 1 is 0.231 bits per heavy atom. The third kappa shape index (κ3) is 8.96. The lowest BCUT2D eigenvalue weighted by Gasteiger charge is -2.30. The van der Waals surface area contributed by atoms with E-state index in [0.717, 1.165) is 98.1 Å². The normalized spacial score (nSPS) is 13.9. The summed E-state index contributed by atoms with van der Waals surface area (Å²) in [6.45, 7) is 13.7. The predicted molar refractivity (Wildman–Crippen MR) is 490 cm³/mol. The van der Waals surface area contributed by atoms with Gasteiger partial charge in [0, 0.05) is 54.8 Å². The zero-order chi connectivity index (χ0) is 77.7. The first kappa shape index (κ1) is 66.6. The highest BCUT2D eigenvalue weighted by molar-refractivity contribution is 7.21. The first-order valence-corrected chi connectivity index (χ1v) is 41.9. The summed E-state index contributed by atoms with van der Waals surface area (Å²) in [4.78, 5) is 15.1. The molecule has 0 saturated carbocycles. The predicted octanol–water partition coefficient (Wildman–Crippen LogP) is 29.3. The number of fused-ring (bicyclic) bond motifs is 33. The Kier molecular flexibility index (Phi) is 13.6. The van der Waals surface area contributed by atoms with Crippen LogP contribution >= 0.6 is 11.3 Å². The fourth-order valence-electron chi connectivity index (χ4n) is 21.7. The largest absolute Gasteiger partial charge is 0.309 e. The summed E-state index contributed by atoms with van der Waals surface area (Å²) >= 11 is 1.86. The van der Waals surface area contributed by atoms with Gasteiger partial charge in [-0.15, -0.1) is 11.3 Å². The van der Waals surface area contributed by atoms with Crippen LogP contribution in [0.3, 0.4) is 0 Å². The molecule has 0 amide bonds. The molecule has 2 spiro atoms. The van der Waals surface area contributed by atoms with E-state index in [1.165, 1.54) is 144 Å². The first-order valence-electron chi connectivity index (χ1n) is 41.1. The summed E-state index contributed by atoms with van der Waals surface area (Å²) in [6, 6.07) is 134. The molecule has 25 rings (SSSR count). The molecular weight excluding hydrogens is 1430 g/mol. The smallest absolute Gasteiger partial charge is 0.109 e. The molecule has 0 fully saturated rings. The maximum atomic E-state index is 6.44. The van der Waals surface area contributed by atoms with Gasteiger partial charge in [0.2, 0.25) is 0 Å². The Balaban J connectivity index is 0.775. The summed E-state index contributed by atoms with van der Waals surface area (Å²) in [5.74, 6) is 0. The fraction of sp³-hybridized carbons (Fsp3) is 0.0893. The van der Waals surface area contributed by atoms with E-state index in [1.807, 2.05) is 11.3 Å². The van der Waals surface area contributed by atoms with Gasteiger partial charge in [-0.3, -0.25) is 0 Å². The molecule has 17 aromatic carbocycles. The van der Waals surface area contributed by atoms with Gasteiger partial charge in [-0.25, -0.2) is 9.97 Å². The van der Waals surface area contributed by atoms with Crippen molar-refractivity contribution >= 4 is 98.6 Å². The van der Waals surface area contributed by atoms with Crippen LogP contribution in [0.25, 0.3) is 186 Å². The minimum absolute atomic E-state index is 0.0365. The third-order valence-corrected chi connectivity index (χ3v) is 28.1. The molecule has 117 heavy (non-hydrogen) atoms. The zero-order valence-electron chi connectivity index (χ0n) is 65.7. The van der Waals surface area contributed by atoms with Crippen molar-refractivity contribution in [3.63, 3.8) is 0 Å². The Bertz CT molecular complexity index is 7400. The van der Waals surface area contributed by atoms with Crippen LogP contribution in [0.4, 0.5) is 0 Å². The van der Waals surface area contributed by atoms with Gasteiger partial charge in [0.25, 0.3) is 0 Å². The van der Waals surface area contributed by atoms with Crippen LogP contribution in [-0.2, 0) is 21.7 Å². The molecule has 4 heterocycles. The summed E-state index contributed by atoms with van der Waals surface area (Å²) < 4.78 is 4.87. The number of thiophene rings is 1. The monoisotopic (exact) mass is 1510 g/mol. The summed E-state index contributed by atoms with van der Waals surface area (Å²) in [5.41, 5.74) is 39.4. The van der Waals surface area contributed by atoms with Gasteiger partial charge in [-0.2, -0.15) is 0 Å². The Hall–Kier alpha value is -13.8. The van der Waals surface area contributed by atoms with Crippen LogP contribution < -0.4 is 0 Å². The summed E-state index contributed by atoms with van der Waals surface area (Å²) in [5, 5.41) is 9.21. The molecule has 0 atom stereocenters. The maximum Gasteiger partial charge on any atom is 0.109 e. The summed E-state index contributed by atoms with van der Waals surface area (Å²) in [7, 11) is 0. The number of rotatable bonds is 6. The highest BCUT2D eigenvalue weighted by Crippen LogP contribution is 2.67. The van der Waals surface area contributed by atoms with Gasteiger partial charge in [0.1, 0.15) is 11.0 Å². The maximum absolute atomic E-state index is 6.44. The molecule has 550 valence electrons. The van der Waals surface area contributed by atoms with Crippen LogP contribution in [0.5, 0.6) is 0 Å². The first-order chi connectivity index (χ1) is 57.3. The quantitative estimate of drug-likeness (QED) is 0.156. The standard InChI is InChI=1S/C112H76N4S/c1-109(2,3)69-49-53-71(54-50-69)115-97-43-21-13-29-79(97)85-61-67(47-59-99(85)115)65-45-57-73-74-58-46-66(68-48-60-100-86(62-68)80-30-14-22-44-98(80)116(100)72-55-51-70(52-56-72)110(4,5)6)64-88(74)104-103(87(73)63-65)113-105-106(114-104)108(84-34-24-42-96-102(84)82-32-12-20-40-94(82)112(96)91-37-17-9-27-77(91)78-28-10-18-38-92(78)112)117-107(105)83-33-23-41-95-101(83)81-31-11-19-39-93(81)111(95)89-35-15-7-25-75(89)76-26-8-16-36-90(76)111/h7-64H,1-6H3. The third-order valence-electron chi connectivity index (χ3n) is 26.9. The fourth-order valence-corrected chi connectivity index (χ4v) is 23.0. The highest BCUT2D eigenvalue weighted by atomic mass is 32.1. The lowest BCUT2D eigenvalue weighted by Crippen LogP contribution is -2.25. The summed E-state index contributed by atoms with van der Waals surface area (Å²) in [6.07, 6.45) is 0. The average molecular weight is 1510 g/mol. The van der Waals surface area contributed by atoms with Crippen molar-refractivity contribution in [2.45, 2.75) is 63.2 Å². The van der Waals surface area contributed by atoms with Crippen molar-refractivity contribution in [1.29, 1.82) is 0 Å². The molecule has 0 saturated heterocycles. The van der Waals surface area contributed by atoms with Gasteiger partial charge >= 0.3 is 0 Å². The number of benzene rings is 17. The molecular formula is C112H76N4S. The van der Waals surface area contributed by atoms with Gasteiger partial charge in [0.05, 0.1) is 53.7 Å². The van der Waals surface area contributed by atoms with E-state index in [9.17, 15) is 0 Å². The molecule has 5 heteroatoms. The van der Waals surface area contributed by atoms with Crippen LogP contribution in [0.1, 0.15) is 97.2 Å². The second kappa shape index (κ2) is 23.9. The van der Waals surface area contributed by atoms with Crippen molar-refractivity contribution in [2.75, 3.05) is 0 Å². The second-order valence-corrected chi connectivity index (χ2v) is 35.9. The molecule has 0 radical (unpaired) electrons. The van der Waals surface area contributed by atoms with E-state index in [-0.39, 0.29) is 10.8 Å². The van der Waals surface area contributed by atoms with Crippen LogP contribution in [0.15, 0.2) is 352 Å². The Labute approximate surface area is 682 Å². The van der Waals surface area contributed by atoms with Crippen LogP contribution in [0, 0.1) is 0 Å². The minimum Gasteiger partial charge on any atom is -0.309 e. The van der Waals surface area contributed by atoms with Crippen molar-refractivity contribution in [2.24, 2.45) is 0 Å².